The quantitative estimate of drug-likeness (QED) is 0.297. The molecule has 0 radical (unpaired) electrons. The molecule has 0 spiro atoms. The van der Waals surface area contributed by atoms with Crippen LogP contribution in [0.25, 0.3) is 21.9 Å². The first-order chi connectivity index (χ1) is 16.2. The van der Waals surface area contributed by atoms with Crippen LogP contribution in [-0.2, 0) is 24.5 Å². The predicted molar refractivity (Wildman–Crippen MR) is 117 cm³/mol. The highest BCUT2D eigenvalue weighted by Gasteiger charge is 2.52. The van der Waals surface area contributed by atoms with Crippen molar-refractivity contribution in [1.29, 1.82) is 0 Å². The number of ether oxygens (including phenoxy) is 3. The third kappa shape index (κ3) is 2.71. The van der Waals surface area contributed by atoms with Gasteiger partial charge in [-0.25, -0.2) is 4.79 Å². The molecule has 0 fully saturated rings. The van der Waals surface area contributed by atoms with E-state index in [4.69, 9.17) is 18.6 Å². The molecule has 10 nitrogen and oxygen atoms in total. The highest BCUT2D eigenvalue weighted by molar-refractivity contribution is 6.03. The van der Waals surface area contributed by atoms with E-state index in [-0.39, 0.29) is 59.5 Å². The fourth-order valence-electron chi connectivity index (χ4n) is 4.95. The summed E-state index contributed by atoms with van der Waals surface area (Å²) in [6, 6.07) is 3.70. The molecule has 3 aromatic rings. The van der Waals surface area contributed by atoms with Crippen molar-refractivity contribution in [2.75, 3.05) is 20.3 Å². The third-order valence-corrected chi connectivity index (χ3v) is 6.59. The lowest BCUT2D eigenvalue weighted by Gasteiger charge is -2.40. The van der Waals surface area contributed by atoms with E-state index in [0.717, 1.165) is 6.07 Å². The number of cyclic esters (lactones) is 2. The number of phenolic OH excluding ortho intramolecular Hbond substituents is 3. The standard InChI is InChI=1S/C24H20O10/c1-3-24(12-4-5-32-22(29)11(12)9-33-23(24)30)13-8-15(26)21-18(19(13)27)20(28)17-14(25)6-10(31-2)7-16(17)34-21/h6-8,25-27H,3-5,9H2,1-2H3. The number of hydrogen-bond donors (Lipinski definition) is 3. The minimum atomic E-state index is -1.63. The van der Waals surface area contributed by atoms with E-state index in [1.165, 1.54) is 19.2 Å². The van der Waals surface area contributed by atoms with Crippen molar-refractivity contribution in [2.45, 2.75) is 25.2 Å². The summed E-state index contributed by atoms with van der Waals surface area (Å²) in [5.41, 5.74) is -2.38. The highest BCUT2D eigenvalue weighted by atomic mass is 16.6. The van der Waals surface area contributed by atoms with Crippen molar-refractivity contribution >= 4 is 33.9 Å². The van der Waals surface area contributed by atoms with Gasteiger partial charge in [-0.05, 0) is 18.1 Å². The van der Waals surface area contributed by atoms with E-state index in [9.17, 15) is 29.7 Å². The number of carbonyl (C=O) groups excluding carboxylic acids is 2. The van der Waals surface area contributed by atoms with Crippen LogP contribution in [-0.4, -0.2) is 47.6 Å². The molecule has 0 bridgehead atoms. The summed E-state index contributed by atoms with van der Waals surface area (Å²) < 4.78 is 21.1. The normalized spacial score (nSPS) is 20.3. The molecule has 1 unspecified atom stereocenters. The topological polar surface area (TPSA) is 153 Å². The Kier molecular flexibility index (Phi) is 4.71. The number of rotatable bonds is 3. The molecule has 0 aliphatic carbocycles. The van der Waals surface area contributed by atoms with Crippen LogP contribution in [0.1, 0.15) is 25.3 Å². The van der Waals surface area contributed by atoms with Gasteiger partial charge in [0, 0.05) is 24.1 Å². The molecule has 2 aromatic carbocycles. The minimum Gasteiger partial charge on any atom is -0.507 e. The lowest BCUT2D eigenvalue weighted by Crippen LogP contribution is -2.46. The average Bonchev–Trinajstić information content (AvgIpc) is 2.81. The lowest BCUT2D eigenvalue weighted by atomic mass is 9.67. The van der Waals surface area contributed by atoms with Crippen molar-refractivity contribution in [1.82, 2.24) is 0 Å². The van der Waals surface area contributed by atoms with Crippen LogP contribution in [0.3, 0.4) is 0 Å². The number of fused-ring (bicyclic) bond motifs is 2. The second kappa shape index (κ2) is 7.41. The fourth-order valence-corrected chi connectivity index (χ4v) is 4.95. The minimum absolute atomic E-state index is 0.0372. The lowest BCUT2D eigenvalue weighted by molar-refractivity contribution is -0.153. The van der Waals surface area contributed by atoms with Crippen LogP contribution in [0.4, 0.5) is 0 Å². The Balaban J connectivity index is 1.90. The van der Waals surface area contributed by atoms with Crippen LogP contribution >= 0.6 is 0 Å². The summed E-state index contributed by atoms with van der Waals surface area (Å²) in [4.78, 5) is 38.9. The molecule has 2 aliphatic rings. The molecule has 1 aromatic heterocycles. The van der Waals surface area contributed by atoms with Crippen molar-refractivity contribution in [3.05, 3.63) is 45.1 Å². The van der Waals surface area contributed by atoms with Crippen molar-refractivity contribution in [3.63, 3.8) is 0 Å². The van der Waals surface area contributed by atoms with Crippen molar-refractivity contribution in [3.8, 4) is 23.0 Å². The first-order valence-corrected chi connectivity index (χ1v) is 10.5. The fraction of sp³-hybridized carbons (Fsp3) is 0.292. The van der Waals surface area contributed by atoms with Gasteiger partial charge in [0.05, 0.1) is 19.3 Å². The van der Waals surface area contributed by atoms with Crippen molar-refractivity contribution in [2.24, 2.45) is 0 Å². The molecular weight excluding hydrogens is 448 g/mol. The molecule has 0 amide bonds. The maximum atomic E-state index is 13.4. The van der Waals surface area contributed by atoms with E-state index >= 15 is 0 Å². The Hall–Kier alpha value is -4.21. The van der Waals surface area contributed by atoms with Gasteiger partial charge in [-0.15, -0.1) is 0 Å². The first kappa shape index (κ1) is 21.6. The zero-order chi connectivity index (χ0) is 24.4. The number of carbonyl (C=O) groups is 2. The van der Waals surface area contributed by atoms with Crippen LogP contribution in [0.15, 0.2) is 38.6 Å². The molecule has 5 rings (SSSR count). The molecule has 3 heterocycles. The smallest absolute Gasteiger partial charge is 0.337 e. The number of methoxy groups -OCH3 is 1. The van der Waals surface area contributed by atoms with Crippen LogP contribution in [0.5, 0.6) is 23.0 Å². The van der Waals surface area contributed by atoms with Gasteiger partial charge in [-0.3, -0.25) is 9.59 Å². The maximum Gasteiger partial charge on any atom is 0.337 e. The Morgan fingerprint density at radius 2 is 1.79 bits per heavy atom. The second-order valence-electron chi connectivity index (χ2n) is 8.12. The predicted octanol–water partition coefficient (Wildman–Crippen LogP) is 2.52. The molecular formula is C24H20O10. The summed E-state index contributed by atoms with van der Waals surface area (Å²) in [6.07, 6.45) is 0.285. The molecule has 2 aliphatic heterocycles. The first-order valence-electron chi connectivity index (χ1n) is 10.5. The average molecular weight is 468 g/mol. The summed E-state index contributed by atoms with van der Waals surface area (Å²) in [5.74, 6) is -2.72. The summed E-state index contributed by atoms with van der Waals surface area (Å²) >= 11 is 0. The number of benzene rings is 2. The Labute approximate surface area is 191 Å². The van der Waals surface area contributed by atoms with Crippen LogP contribution in [0.2, 0.25) is 0 Å². The summed E-state index contributed by atoms with van der Waals surface area (Å²) in [7, 11) is 1.37. The van der Waals surface area contributed by atoms with Crippen LogP contribution in [0, 0.1) is 0 Å². The summed E-state index contributed by atoms with van der Waals surface area (Å²) in [5, 5.41) is 31.9. The summed E-state index contributed by atoms with van der Waals surface area (Å²) in [6.45, 7) is 1.44. The molecule has 0 saturated heterocycles. The van der Waals surface area contributed by atoms with E-state index in [2.05, 4.69) is 0 Å². The largest absolute Gasteiger partial charge is 0.507 e. The molecule has 176 valence electrons. The van der Waals surface area contributed by atoms with Gasteiger partial charge in [-0.2, -0.15) is 0 Å². The second-order valence-corrected chi connectivity index (χ2v) is 8.12. The van der Waals surface area contributed by atoms with Gasteiger partial charge < -0.3 is 33.9 Å². The molecule has 34 heavy (non-hydrogen) atoms. The van der Waals surface area contributed by atoms with Gasteiger partial charge in [-0.1, -0.05) is 6.92 Å². The Bertz CT molecular complexity index is 1500. The SMILES string of the molecule is CCC1(c2cc(O)c3oc4cc(OC)cc(O)c4c(=O)c3c2O)C(=O)OCC2=C1CCOC2=O. The van der Waals surface area contributed by atoms with Gasteiger partial charge in [0.25, 0.3) is 0 Å². The van der Waals surface area contributed by atoms with E-state index < -0.39 is 45.4 Å². The highest BCUT2D eigenvalue weighted by Crippen LogP contribution is 2.50. The third-order valence-electron chi connectivity index (χ3n) is 6.59. The van der Waals surface area contributed by atoms with E-state index in [0.29, 0.717) is 5.57 Å². The number of hydrogen-bond acceptors (Lipinski definition) is 10. The zero-order valence-corrected chi connectivity index (χ0v) is 18.3. The molecule has 0 saturated carbocycles. The van der Waals surface area contributed by atoms with Crippen molar-refractivity contribution < 1.29 is 43.5 Å². The van der Waals surface area contributed by atoms with E-state index in [1.54, 1.807) is 6.92 Å². The monoisotopic (exact) mass is 468 g/mol. The molecule has 3 N–H and O–H groups in total. The van der Waals surface area contributed by atoms with Gasteiger partial charge in [0.1, 0.15) is 45.6 Å². The Morgan fingerprint density at radius 1 is 1.03 bits per heavy atom. The molecule has 1 atom stereocenters. The number of phenols is 3. The van der Waals surface area contributed by atoms with Crippen LogP contribution < -0.4 is 10.2 Å². The number of esters is 2. The van der Waals surface area contributed by atoms with E-state index in [1.807, 2.05) is 0 Å². The maximum absolute atomic E-state index is 13.4. The zero-order valence-electron chi connectivity index (χ0n) is 18.3. The van der Waals surface area contributed by atoms with Gasteiger partial charge in [0.2, 0.25) is 5.43 Å². The van der Waals surface area contributed by atoms with Gasteiger partial charge in [0.15, 0.2) is 11.3 Å². The molecule has 10 heteroatoms. The Morgan fingerprint density at radius 3 is 2.50 bits per heavy atom. The van der Waals surface area contributed by atoms with Gasteiger partial charge >= 0.3 is 11.9 Å². The number of aromatic hydroxyl groups is 3.